The Hall–Kier alpha value is -5.72. The van der Waals surface area contributed by atoms with Crippen LogP contribution in [0.5, 0.6) is 23.0 Å². The van der Waals surface area contributed by atoms with Crippen molar-refractivity contribution in [2.24, 2.45) is 0 Å². The predicted octanol–water partition coefficient (Wildman–Crippen LogP) is 10.6. The van der Waals surface area contributed by atoms with Crippen LogP contribution < -0.4 is 9.47 Å². The Morgan fingerprint density at radius 3 is 0.962 bits per heavy atom. The van der Waals surface area contributed by atoms with Crippen LogP contribution >= 0.6 is 0 Å². The van der Waals surface area contributed by atoms with Crippen molar-refractivity contribution in [1.82, 2.24) is 0 Å². The van der Waals surface area contributed by atoms with Gasteiger partial charge in [0.25, 0.3) is 0 Å². The summed E-state index contributed by atoms with van der Waals surface area (Å²) >= 11 is 0. The Bertz CT molecular complexity index is 1750. The number of hydrogen-bond donors (Lipinski definition) is 2. The van der Waals surface area contributed by atoms with Gasteiger partial charge in [-0.25, -0.2) is 19.2 Å². The molecule has 0 spiro atoms. The summed E-state index contributed by atoms with van der Waals surface area (Å²) < 4.78 is 34.4. The Kier molecular flexibility index (Phi) is 14.5. The van der Waals surface area contributed by atoms with Crippen LogP contribution in [0.2, 0.25) is 0 Å². The average Bonchev–Trinajstić information content (AvgIpc) is 2.94. The molecule has 0 aliphatic carbocycles. The van der Waals surface area contributed by atoms with E-state index in [-0.39, 0.29) is 11.5 Å². The molecule has 0 bridgehead atoms. The van der Waals surface area contributed by atoms with E-state index in [9.17, 15) is 19.2 Å². The number of rotatable bonds is 2. The zero-order valence-corrected chi connectivity index (χ0v) is 32.3. The van der Waals surface area contributed by atoms with Crippen LogP contribution in [0.25, 0.3) is 21.5 Å². The molecule has 4 rings (SSSR count). The number of hydrogen-bond acceptors (Lipinski definition) is 13. The zero-order chi connectivity index (χ0) is 40.4. The van der Waals surface area contributed by atoms with E-state index in [0.717, 1.165) is 21.5 Å². The molecule has 0 unspecified atom stereocenters. The van der Waals surface area contributed by atoms with E-state index >= 15 is 0 Å². The second-order valence-electron chi connectivity index (χ2n) is 15.6. The van der Waals surface area contributed by atoms with E-state index in [1.54, 1.807) is 156 Å². The third-order valence-corrected chi connectivity index (χ3v) is 5.72. The van der Waals surface area contributed by atoms with Crippen molar-refractivity contribution in [3.63, 3.8) is 0 Å². The van der Waals surface area contributed by atoms with E-state index in [0.29, 0.717) is 11.5 Å². The van der Waals surface area contributed by atoms with Crippen LogP contribution in [0, 0.1) is 0 Å². The van der Waals surface area contributed by atoms with Gasteiger partial charge in [-0.3, -0.25) is 0 Å². The van der Waals surface area contributed by atoms with Gasteiger partial charge in [-0.05, 0) is 153 Å². The van der Waals surface area contributed by atoms with Crippen molar-refractivity contribution in [1.29, 1.82) is 0 Å². The molecule has 0 aliphatic rings. The van der Waals surface area contributed by atoms with Gasteiger partial charge in [-0.2, -0.15) is 0 Å². The van der Waals surface area contributed by atoms with Gasteiger partial charge in [0.15, 0.2) is 0 Å². The lowest BCUT2D eigenvalue weighted by Gasteiger charge is -2.20. The molecule has 0 saturated heterocycles. The zero-order valence-electron chi connectivity index (χ0n) is 32.3. The minimum Gasteiger partial charge on any atom is -0.508 e. The minimum atomic E-state index is -1.06. The molecule has 0 heterocycles. The molecule has 2 N–H and O–H groups in total. The molecule has 13 heteroatoms. The largest absolute Gasteiger partial charge is 0.519 e. The highest BCUT2D eigenvalue weighted by molar-refractivity contribution is 5.86. The van der Waals surface area contributed by atoms with Crippen LogP contribution in [0.1, 0.15) is 83.1 Å². The standard InChI is InChI=1S/C20H24O6.C10H18O5.C10H8O2/c1-19(2,3)25-17(21)23-15-9-7-14-12-16(10-8-13(14)11-15)24-18(22)26-20(4,5)6;1-9(2,3)14-7(11)13-8(12)15-10(4,5)6;11-9-3-1-7-5-10(12)4-2-8(7)6-9/h7-12H,1-6H3;1-6H3;1-6,11-12H. The molecule has 0 fully saturated rings. The van der Waals surface area contributed by atoms with E-state index in [2.05, 4.69) is 4.74 Å². The number of phenols is 2. The molecular formula is C40H50O13. The van der Waals surface area contributed by atoms with Crippen LogP contribution in [0.4, 0.5) is 19.2 Å². The highest BCUT2D eigenvalue weighted by Gasteiger charge is 2.24. The van der Waals surface area contributed by atoms with Crippen LogP contribution in [-0.2, 0) is 23.7 Å². The topological polar surface area (TPSA) is 173 Å². The number of fused-ring (bicyclic) bond motifs is 2. The predicted molar refractivity (Wildman–Crippen MR) is 199 cm³/mol. The smallest absolute Gasteiger partial charge is 0.508 e. The van der Waals surface area contributed by atoms with Gasteiger partial charge in [0.05, 0.1) is 0 Å². The molecule has 0 radical (unpaired) electrons. The van der Waals surface area contributed by atoms with Crippen molar-refractivity contribution in [2.75, 3.05) is 0 Å². The quantitative estimate of drug-likeness (QED) is 0.0861. The monoisotopic (exact) mass is 738 g/mol. The molecule has 53 heavy (non-hydrogen) atoms. The number of carbonyl (C=O) groups is 4. The van der Waals surface area contributed by atoms with Gasteiger partial charge >= 0.3 is 24.6 Å². The first kappa shape index (κ1) is 43.4. The molecule has 0 aromatic heterocycles. The number of benzene rings is 4. The second kappa shape index (κ2) is 17.7. The molecule has 0 aliphatic heterocycles. The molecule has 4 aromatic rings. The van der Waals surface area contributed by atoms with Crippen LogP contribution in [0.3, 0.4) is 0 Å². The molecule has 13 nitrogen and oxygen atoms in total. The summed E-state index contributed by atoms with van der Waals surface area (Å²) in [6, 6.07) is 20.3. The molecule has 0 saturated carbocycles. The van der Waals surface area contributed by atoms with Gasteiger partial charge in [0, 0.05) is 0 Å². The van der Waals surface area contributed by atoms with Gasteiger partial charge in [-0.15, -0.1) is 0 Å². The van der Waals surface area contributed by atoms with Gasteiger partial charge in [0.2, 0.25) is 0 Å². The Labute approximate surface area is 309 Å². The lowest BCUT2D eigenvalue weighted by molar-refractivity contribution is -0.0295. The molecule has 4 aromatic carbocycles. The normalized spacial score (nSPS) is 11.5. The van der Waals surface area contributed by atoms with E-state index in [1.807, 2.05) is 0 Å². The lowest BCUT2D eigenvalue weighted by atomic mass is 10.1. The summed E-state index contributed by atoms with van der Waals surface area (Å²) in [6.07, 6.45) is -3.64. The van der Waals surface area contributed by atoms with Gasteiger partial charge < -0.3 is 43.4 Å². The van der Waals surface area contributed by atoms with Gasteiger partial charge in [0.1, 0.15) is 45.4 Å². The third-order valence-electron chi connectivity index (χ3n) is 5.72. The maximum Gasteiger partial charge on any atom is 0.519 e. The first-order valence-electron chi connectivity index (χ1n) is 16.6. The summed E-state index contributed by atoms with van der Waals surface area (Å²) in [5.41, 5.74) is -2.64. The van der Waals surface area contributed by atoms with Gasteiger partial charge in [-0.1, -0.05) is 24.3 Å². The fourth-order valence-electron chi connectivity index (χ4n) is 3.89. The second-order valence-corrected chi connectivity index (χ2v) is 15.6. The maximum absolute atomic E-state index is 11.7. The van der Waals surface area contributed by atoms with Crippen molar-refractivity contribution in [3.05, 3.63) is 72.8 Å². The van der Waals surface area contributed by atoms with E-state index < -0.39 is 47.0 Å². The fourth-order valence-corrected chi connectivity index (χ4v) is 3.89. The highest BCUT2D eigenvalue weighted by atomic mass is 16.8. The Morgan fingerprint density at radius 2 is 0.660 bits per heavy atom. The summed E-state index contributed by atoms with van der Waals surface area (Å²) in [7, 11) is 0. The maximum atomic E-state index is 11.7. The third kappa shape index (κ3) is 18.4. The summed E-state index contributed by atoms with van der Waals surface area (Å²) in [6.45, 7) is 20.6. The SMILES string of the molecule is CC(C)(C)OC(=O)OC(=O)OC(C)(C)C.CC(C)(C)OC(=O)Oc1ccc2cc(OC(=O)OC(C)(C)C)ccc2c1.Oc1ccc2cc(O)ccc2c1. The first-order chi connectivity index (χ1) is 24.2. The number of aromatic hydroxyl groups is 2. The lowest BCUT2D eigenvalue weighted by Crippen LogP contribution is -2.29. The van der Waals surface area contributed by atoms with E-state index in [4.69, 9.17) is 38.6 Å². The van der Waals surface area contributed by atoms with Crippen LogP contribution in [-0.4, -0.2) is 57.2 Å². The van der Waals surface area contributed by atoms with Crippen molar-refractivity contribution in [2.45, 2.75) is 105 Å². The first-order valence-corrected chi connectivity index (χ1v) is 16.6. The number of ether oxygens (including phenoxy) is 7. The highest BCUT2D eigenvalue weighted by Crippen LogP contribution is 2.27. The number of phenolic OH excluding ortho intramolecular Hbond substituents is 2. The van der Waals surface area contributed by atoms with E-state index in [1.165, 1.54) is 0 Å². The molecule has 0 atom stereocenters. The van der Waals surface area contributed by atoms with Crippen molar-refractivity contribution >= 4 is 46.2 Å². The summed E-state index contributed by atoms with van der Waals surface area (Å²) in [5.74, 6) is 1.22. The number of carbonyl (C=O) groups excluding carboxylic acids is 4. The molecular weight excluding hydrogens is 688 g/mol. The molecule has 0 amide bonds. The Balaban J connectivity index is 0.000000303. The Morgan fingerprint density at radius 1 is 0.396 bits per heavy atom. The van der Waals surface area contributed by atoms with Crippen LogP contribution in [0.15, 0.2) is 72.8 Å². The minimum absolute atomic E-state index is 0.244. The summed E-state index contributed by atoms with van der Waals surface area (Å²) in [4.78, 5) is 45.5. The average molecular weight is 739 g/mol. The molecule has 288 valence electrons. The van der Waals surface area contributed by atoms with Crippen molar-refractivity contribution in [3.8, 4) is 23.0 Å². The summed E-state index contributed by atoms with van der Waals surface area (Å²) in [5, 5.41) is 21.8. The van der Waals surface area contributed by atoms with Crippen molar-refractivity contribution < 1.29 is 62.5 Å². The fraction of sp³-hybridized carbons (Fsp3) is 0.400.